The van der Waals surface area contributed by atoms with Crippen LogP contribution in [0.5, 0.6) is 5.75 Å². The van der Waals surface area contributed by atoms with Gasteiger partial charge in [-0.2, -0.15) is 8.78 Å². The van der Waals surface area contributed by atoms with Crippen LogP contribution in [0.25, 0.3) is 11.3 Å². The van der Waals surface area contributed by atoms with Gasteiger partial charge in [-0.05, 0) is 47.4 Å². The second kappa shape index (κ2) is 7.25. The molecular weight excluding hydrogens is 392 g/mol. The van der Waals surface area contributed by atoms with Crippen molar-refractivity contribution in [2.45, 2.75) is 19.1 Å². The highest BCUT2D eigenvalue weighted by atomic mass is 19.3. The molecule has 1 aliphatic rings. The zero-order valence-corrected chi connectivity index (χ0v) is 16.3. The van der Waals surface area contributed by atoms with Gasteiger partial charge in [-0.15, -0.1) is 0 Å². The number of rotatable bonds is 5. The Morgan fingerprint density at radius 2 is 1.97 bits per heavy atom. The highest BCUT2D eigenvalue weighted by Crippen LogP contribution is 2.41. The van der Waals surface area contributed by atoms with E-state index in [0.717, 1.165) is 11.3 Å². The standard InChI is InChI=1S/C21H19F2N5O2/c1-12-8-15(6-7-17(12)30-19(22)23)21(18(29)28(2)20(24)27-21)14-5-3-4-13(9-14)16-10-25-11-26-16/h3-11,19H,1-2H3,(H2,24,27)(H,25,26). The molecule has 1 unspecified atom stereocenters. The van der Waals surface area contributed by atoms with Gasteiger partial charge in [-0.1, -0.05) is 24.3 Å². The lowest BCUT2D eigenvalue weighted by Crippen LogP contribution is -2.41. The number of hydrogen-bond donors (Lipinski definition) is 2. The highest BCUT2D eigenvalue weighted by Gasteiger charge is 2.49. The molecule has 3 N–H and O–H groups in total. The molecule has 0 spiro atoms. The first-order valence-corrected chi connectivity index (χ1v) is 9.11. The lowest BCUT2D eigenvalue weighted by molar-refractivity contribution is -0.129. The number of imidazole rings is 1. The Labute approximate surface area is 171 Å². The summed E-state index contributed by atoms with van der Waals surface area (Å²) in [4.78, 5) is 26.2. The number of carbonyl (C=O) groups excluding carboxylic acids is 1. The van der Waals surface area contributed by atoms with Crippen molar-refractivity contribution in [3.8, 4) is 17.0 Å². The summed E-state index contributed by atoms with van der Waals surface area (Å²) in [7, 11) is 1.54. The number of likely N-dealkylation sites (N-methyl/N-ethyl adjacent to an activating group) is 1. The molecule has 154 valence electrons. The molecular formula is C21H19F2N5O2. The number of guanidine groups is 1. The van der Waals surface area contributed by atoms with E-state index >= 15 is 0 Å². The van der Waals surface area contributed by atoms with E-state index in [4.69, 9.17) is 5.73 Å². The van der Waals surface area contributed by atoms with Crippen LogP contribution in [-0.2, 0) is 10.3 Å². The van der Waals surface area contributed by atoms with Crippen LogP contribution < -0.4 is 10.5 Å². The van der Waals surface area contributed by atoms with Crippen molar-refractivity contribution in [1.82, 2.24) is 14.9 Å². The number of H-pyrrole nitrogens is 1. The third kappa shape index (κ3) is 3.08. The van der Waals surface area contributed by atoms with Crippen LogP contribution in [0.3, 0.4) is 0 Å². The highest BCUT2D eigenvalue weighted by molar-refractivity contribution is 6.09. The monoisotopic (exact) mass is 411 g/mol. The van der Waals surface area contributed by atoms with Gasteiger partial charge >= 0.3 is 6.61 Å². The second-order valence-corrected chi connectivity index (χ2v) is 6.95. The summed E-state index contributed by atoms with van der Waals surface area (Å²) in [5.74, 6) is -0.243. The van der Waals surface area contributed by atoms with Crippen molar-refractivity contribution in [3.05, 3.63) is 71.7 Å². The van der Waals surface area contributed by atoms with Gasteiger partial charge in [-0.25, -0.2) is 9.98 Å². The normalized spacial score (nSPS) is 18.8. The SMILES string of the molecule is Cc1cc(C2(c3cccc(-c4cnc[nH]4)c3)N=C(N)N(C)C2=O)ccc1OC(F)F. The van der Waals surface area contributed by atoms with Crippen LogP contribution in [0.2, 0.25) is 0 Å². The number of amides is 1. The molecule has 1 aromatic heterocycles. The molecule has 0 saturated heterocycles. The second-order valence-electron chi connectivity index (χ2n) is 6.95. The molecule has 30 heavy (non-hydrogen) atoms. The Hall–Kier alpha value is -3.75. The Morgan fingerprint density at radius 1 is 1.20 bits per heavy atom. The molecule has 0 bridgehead atoms. The van der Waals surface area contributed by atoms with Gasteiger partial charge in [0, 0.05) is 7.05 Å². The summed E-state index contributed by atoms with van der Waals surface area (Å²) in [6.07, 6.45) is 3.24. The Bertz CT molecular complexity index is 1130. The number of hydrogen-bond acceptors (Lipinski definition) is 5. The van der Waals surface area contributed by atoms with Crippen molar-refractivity contribution in [2.75, 3.05) is 7.05 Å². The minimum atomic E-state index is -2.94. The predicted octanol–water partition coefficient (Wildman–Crippen LogP) is 3.02. The first kappa shape index (κ1) is 19.6. The number of alkyl halides is 2. The molecule has 1 aliphatic heterocycles. The van der Waals surface area contributed by atoms with Gasteiger partial charge in [0.2, 0.25) is 0 Å². The fourth-order valence-corrected chi connectivity index (χ4v) is 3.61. The van der Waals surface area contributed by atoms with E-state index < -0.39 is 12.2 Å². The molecule has 0 radical (unpaired) electrons. The van der Waals surface area contributed by atoms with Crippen LogP contribution in [0, 0.1) is 6.92 Å². The summed E-state index contributed by atoms with van der Waals surface area (Å²) in [5.41, 5.74) is 7.70. The van der Waals surface area contributed by atoms with Gasteiger partial charge in [-0.3, -0.25) is 9.69 Å². The van der Waals surface area contributed by atoms with Crippen molar-refractivity contribution in [2.24, 2.45) is 10.7 Å². The van der Waals surface area contributed by atoms with Crippen LogP contribution >= 0.6 is 0 Å². The van der Waals surface area contributed by atoms with Crippen molar-refractivity contribution < 1.29 is 18.3 Å². The summed E-state index contributed by atoms with van der Waals surface area (Å²) < 4.78 is 29.9. The summed E-state index contributed by atoms with van der Waals surface area (Å²) >= 11 is 0. The van der Waals surface area contributed by atoms with Crippen molar-refractivity contribution in [1.29, 1.82) is 0 Å². The number of aliphatic imine (C=N–C) groups is 1. The summed E-state index contributed by atoms with van der Waals surface area (Å²) in [6, 6.07) is 11.9. The molecule has 3 aromatic rings. The van der Waals surface area contributed by atoms with Gasteiger partial charge in [0.1, 0.15) is 5.75 Å². The maximum atomic E-state index is 13.4. The topological polar surface area (TPSA) is 96.6 Å². The van der Waals surface area contributed by atoms with E-state index in [1.165, 1.54) is 11.0 Å². The minimum Gasteiger partial charge on any atom is -0.435 e. The number of nitrogens with zero attached hydrogens (tertiary/aromatic N) is 3. The zero-order chi connectivity index (χ0) is 21.5. The number of nitrogens with two attached hydrogens (primary N) is 1. The number of aromatic amines is 1. The molecule has 1 amide bonds. The van der Waals surface area contributed by atoms with Crippen LogP contribution in [0.4, 0.5) is 8.78 Å². The van der Waals surface area contributed by atoms with Gasteiger partial charge < -0.3 is 15.5 Å². The molecule has 2 aromatic carbocycles. The van der Waals surface area contributed by atoms with E-state index in [2.05, 4.69) is 19.7 Å². The van der Waals surface area contributed by atoms with Crippen LogP contribution in [0.15, 0.2) is 60.0 Å². The molecule has 9 heteroatoms. The van der Waals surface area contributed by atoms with Gasteiger partial charge in [0.25, 0.3) is 5.91 Å². The average molecular weight is 411 g/mol. The number of benzene rings is 2. The first-order chi connectivity index (χ1) is 14.3. The summed E-state index contributed by atoms with van der Waals surface area (Å²) in [6.45, 7) is -1.31. The zero-order valence-electron chi connectivity index (χ0n) is 16.3. The van der Waals surface area contributed by atoms with Crippen LogP contribution in [0.1, 0.15) is 16.7 Å². The predicted molar refractivity (Wildman–Crippen MR) is 107 cm³/mol. The molecule has 4 rings (SSSR count). The summed E-state index contributed by atoms with van der Waals surface area (Å²) in [5, 5.41) is 0. The smallest absolute Gasteiger partial charge is 0.387 e. The van der Waals surface area contributed by atoms with E-state index in [1.807, 2.05) is 18.2 Å². The maximum absolute atomic E-state index is 13.4. The largest absolute Gasteiger partial charge is 0.435 e. The number of halogens is 2. The number of aryl methyl sites for hydroxylation is 1. The Kier molecular flexibility index (Phi) is 4.73. The molecule has 0 aliphatic carbocycles. The van der Waals surface area contributed by atoms with Crippen LogP contribution in [-0.4, -0.2) is 40.4 Å². The minimum absolute atomic E-state index is 0.0332. The van der Waals surface area contributed by atoms with Crippen molar-refractivity contribution in [3.63, 3.8) is 0 Å². The number of aromatic nitrogens is 2. The lowest BCUT2D eigenvalue weighted by atomic mass is 9.81. The van der Waals surface area contributed by atoms with E-state index in [0.29, 0.717) is 16.7 Å². The molecule has 1 atom stereocenters. The third-order valence-corrected chi connectivity index (χ3v) is 5.14. The van der Waals surface area contributed by atoms with E-state index in [9.17, 15) is 13.6 Å². The van der Waals surface area contributed by atoms with Crippen molar-refractivity contribution >= 4 is 11.9 Å². The van der Waals surface area contributed by atoms with Gasteiger partial charge in [0.15, 0.2) is 11.5 Å². The molecule has 0 saturated carbocycles. The van der Waals surface area contributed by atoms with E-state index in [1.54, 1.807) is 44.7 Å². The quantitative estimate of drug-likeness (QED) is 0.675. The Morgan fingerprint density at radius 3 is 2.57 bits per heavy atom. The number of nitrogens with one attached hydrogen (secondary N) is 1. The fourth-order valence-electron chi connectivity index (χ4n) is 3.61. The first-order valence-electron chi connectivity index (χ1n) is 9.11. The maximum Gasteiger partial charge on any atom is 0.387 e. The van der Waals surface area contributed by atoms with Gasteiger partial charge in [0.05, 0.1) is 18.2 Å². The average Bonchev–Trinajstić information content (AvgIpc) is 3.33. The Balaban J connectivity index is 1.90. The lowest BCUT2D eigenvalue weighted by Gasteiger charge is -2.27. The molecule has 2 heterocycles. The number of carbonyl (C=O) groups is 1. The third-order valence-electron chi connectivity index (χ3n) is 5.14. The molecule has 0 fully saturated rings. The molecule has 7 nitrogen and oxygen atoms in total. The fraction of sp³-hybridized carbons (Fsp3) is 0.190. The van der Waals surface area contributed by atoms with E-state index in [-0.39, 0.29) is 17.6 Å². The number of ether oxygens (including phenoxy) is 1.